The minimum atomic E-state index is -0.105. The number of hydrogen-bond acceptors (Lipinski definition) is 7. The van der Waals surface area contributed by atoms with E-state index in [1.807, 2.05) is 20.8 Å². The molecule has 0 unspecified atom stereocenters. The van der Waals surface area contributed by atoms with Crippen LogP contribution in [0.5, 0.6) is 6.01 Å². The molecule has 3 N–H and O–H groups in total. The van der Waals surface area contributed by atoms with E-state index in [0.29, 0.717) is 18.4 Å². The summed E-state index contributed by atoms with van der Waals surface area (Å²) in [4.78, 5) is 12.4. The van der Waals surface area contributed by atoms with Gasteiger partial charge in [-0.2, -0.15) is 15.0 Å². The number of aliphatic hydroxyl groups is 1. The molecular formula is C11H21N5O2. The largest absolute Gasteiger partial charge is 0.467 e. The van der Waals surface area contributed by atoms with Crippen LogP contribution in [0.4, 0.5) is 11.9 Å². The molecule has 7 nitrogen and oxygen atoms in total. The van der Waals surface area contributed by atoms with Gasteiger partial charge in [0.05, 0.1) is 19.8 Å². The van der Waals surface area contributed by atoms with Gasteiger partial charge >= 0.3 is 6.01 Å². The van der Waals surface area contributed by atoms with Gasteiger partial charge in [-0.1, -0.05) is 13.8 Å². The van der Waals surface area contributed by atoms with Gasteiger partial charge in [-0.15, -0.1) is 0 Å². The van der Waals surface area contributed by atoms with E-state index < -0.39 is 0 Å². The molecule has 1 aromatic rings. The zero-order valence-electron chi connectivity index (χ0n) is 11.3. The summed E-state index contributed by atoms with van der Waals surface area (Å²) in [7, 11) is 1.50. The van der Waals surface area contributed by atoms with Gasteiger partial charge in [-0.3, -0.25) is 0 Å². The van der Waals surface area contributed by atoms with Crippen molar-refractivity contribution in [2.75, 3.05) is 30.9 Å². The van der Waals surface area contributed by atoms with Crippen LogP contribution in [0, 0.1) is 5.92 Å². The highest BCUT2D eigenvalue weighted by Crippen LogP contribution is 2.13. The van der Waals surface area contributed by atoms with E-state index in [2.05, 4.69) is 25.6 Å². The molecule has 0 radical (unpaired) electrons. The summed E-state index contributed by atoms with van der Waals surface area (Å²) in [5.41, 5.74) is 0. The van der Waals surface area contributed by atoms with Gasteiger partial charge in [0, 0.05) is 6.54 Å². The Morgan fingerprint density at radius 3 is 2.39 bits per heavy atom. The monoisotopic (exact) mass is 255 g/mol. The summed E-state index contributed by atoms with van der Waals surface area (Å²) >= 11 is 0. The lowest BCUT2D eigenvalue weighted by Gasteiger charge is -2.20. The Hall–Kier alpha value is -1.63. The first-order valence-corrected chi connectivity index (χ1v) is 6.02. The summed E-state index contributed by atoms with van der Waals surface area (Å²) in [5.74, 6) is 1.11. The minimum Gasteiger partial charge on any atom is -0.467 e. The third-order valence-corrected chi connectivity index (χ3v) is 2.45. The van der Waals surface area contributed by atoms with Crippen molar-refractivity contribution in [2.24, 2.45) is 5.92 Å². The fraction of sp³-hybridized carbons (Fsp3) is 0.727. The van der Waals surface area contributed by atoms with Gasteiger partial charge in [0.2, 0.25) is 11.9 Å². The third-order valence-electron chi connectivity index (χ3n) is 2.45. The van der Waals surface area contributed by atoms with Crippen LogP contribution in [-0.2, 0) is 0 Å². The molecule has 0 fully saturated rings. The van der Waals surface area contributed by atoms with E-state index in [0.717, 1.165) is 0 Å². The van der Waals surface area contributed by atoms with E-state index in [1.165, 1.54) is 7.11 Å². The predicted molar refractivity (Wildman–Crippen MR) is 69.9 cm³/mol. The number of rotatable bonds is 7. The smallest absolute Gasteiger partial charge is 0.322 e. The van der Waals surface area contributed by atoms with Crippen LogP contribution >= 0.6 is 0 Å². The van der Waals surface area contributed by atoms with Crippen molar-refractivity contribution in [3.8, 4) is 6.01 Å². The van der Waals surface area contributed by atoms with E-state index >= 15 is 0 Å². The zero-order chi connectivity index (χ0) is 13.5. The molecule has 0 aromatic carbocycles. The third kappa shape index (κ3) is 3.99. The van der Waals surface area contributed by atoms with Crippen LogP contribution in [-0.4, -0.2) is 46.4 Å². The van der Waals surface area contributed by atoms with E-state index in [-0.39, 0.29) is 24.6 Å². The number of nitrogens with one attached hydrogen (secondary N) is 2. The van der Waals surface area contributed by atoms with Crippen molar-refractivity contribution in [1.29, 1.82) is 0 Å². The molecule has 0 spiro atoms. The molecule has 1 aromatic heterocycles. The number of ether oxygens (including phenoxy) is 1. The first-order valence-electron chi connectivity index (χ1n) is 6.02. The van der Waals surface area contributed by atoms with Gasteiger partial charge in [-0.25, -0.2) is 0 Å². The second-order valence-electron chi connectivity index (χ2n) is 4.18. The van der Waals surface area contributed by atoms with E-state index in [9.17, 15) is 5.11 Å². The van der Waals surface area contributed by atoms with Crippen LogP contribution in [0.2, 0.25) is 0 Å². The Labute approximate surface area is 107 Å². The number of anilines is 2. The van der Waals surface area contributed by atoms with Crippen molar-refractivity contribution < 1.29 is 9.84 Å². The van der Waals surface area contributed by atoms with Gasteiger partial charge in [-0.05, 0) is 12.8 Å². The molecule has 0 saturated heterocycles. The van der Waals surface area contributed by atoms with Crippen LogP contribution < -0.4 is 15.4 Å². The number of nitrogens with zero attached hydrogens (tertiary/aromatic N) is 3. The molecule has 7 heteroatoms. The van der Waals surface area contributed by atoms with Crippen LogP contribution in [0.3, 0.4) is 0 Å². The lowest BCUT2D eigenvalue weighted by atomic mass is 10.1. The summed E-state index contributed by atoms with van der Waals surface area (Å²) in [5, 5.41) is 15.3. The molecule has 0 aliphatic rings. The molecule has 1 rings (SSSR count). The minimum absolute atomic E-state index is 0.0161. The molecule has 18 heavy (non-hydrogen) atoms. The topological polar surface area (TPSA) is 92.2 Å². The zero-order valence-corrected chi connectivity index (χ0v) is 11.3. The highest BCUT2D eigenvalue weighted by Gasteiger charge is 2.15. The Balaban J connectivity index is 2.89. The highest BCUT2D eigenvalue weighted by atomic mass is 16.5. The van der Waals surface area contributed by atoms with Gasteiger partial charge < -0.3 is 20.5 Å². The lowest BCUT2D eigenvalue weighted by molar-refractivity contribution is 0.248. The maximum absolute atomic E-state index is 9.28. The molecule has 0 aliphatic carbocycles. The maximum Gasteiger partial charge on any atom is 0.322 e. The van der Waals surface area contributed by atoms with Crippen LogP contribution in [0.25, 0.3) is 0 Å². The summed E-state index contributed by atoms with van der Waals surface area (Å²) in [6.07, 6.45) is 0. The molecule has 1 atom stereocenters. The van der Waals surface area contributed by atoms with Gasteiger partial charge in [0.25, 0.3) is 0 Å². The first kappa shape index (κ1) is 14.4. The van der Waals surface area contributed by atoms with Crippen molar-refractivity contribution >= 4 is 11.9 Å². The Morgan fingerprint density at radius 1 is 1.22 bits per heavy atom. The second-order valence-corrected chi connectivity index (χ2v) is 4.18. The number of aliphatic hydroxyl groups excluding tert-OH is 1. The Morgan fingerprint density at radius 2 is 1.89 bits per heavy atom. The fourth-order valence-electron chi connectivity index (χ4n) is 1.34. The van der Waals surface area contributed by atoms with E-state index in [1.54, 1.807) is 0 Å². The predicted octanol–water partition coefficient (Wildman–Crippen LogP) is 0.741. The Bertz CT molecular complexity index is 372. The highest BCUT2D eigenvalue weighted by molar-refractivity contribution is 5.36. The average molecular weight is 255 g/mol. The maximum atomic E-state index is 9.28. The molecule has 102 valence electrons. The van der Waals surface area contributed by atoms with Crippen molar-refractivity contribution in [2.45, 2.75) is 26.8 Å². The van der Waals surface area contributed by atoms with E-state index in [4.69, 9.17) is 4.74 Å². The number of methoxy groups -OCH3 is 1. The second kappa shape index (κ2) is 6.95. The number of aromatic nitrogens is 3. The summed E-state index contributed by atoms with van der Waals surface area (Å²) in [6, 6.07) is 0.135. The van der Waals surface area contributed by atoms with Gasteiger partial charge in [0.1, 0.15) is 0 Å². The molecule has 1 heterocycles. The summed E-state index contributed by atoms with van der Waals surface area (Å²) < 4.78 is 5.01. The molecule has 0 bridgehead atoms. The molecule has 0 aliphatic heterocycles. The lowest BCUT2D eigenvalue weighted by Crippen LogP contribution is -2.30. The van der Waals surface area contributed by atoms with Crippen LogP contribution in [0.15, 0.2) is 0 Å². The Kier molecular flexibility index (Phi) is 5.57. The summed E-state index contributed by atoms with van der Waals surface area (Å²) in [6.45, 7) is 6.70. The number of hydrogen-bond donors (Lipinski definition) is 3. The first-order chi connectivity index (χ1) is 8.60. The molecule has 0 amide bonds. The van der Waals surface area contributed by atoms with Gasteiger partial charge in [0.15, 0.2) is 0 Å². The van der Waals surface area contributed by atoms with Crippen molar-refractivity contribution in [3.05, 3.63) is 0 Å². The standard InChI is InChI=1S/C11H21N5O2/c1-5-12-9-14-10(16-11(15-9)18-4)13-8(6-17)7(2)3/h7-8,17H,5-6H2,1-4H3,(H2,12,13,14,15,16)/t8-/m1/s1. The van der Waals surface area contributed by atoms with Crippen LogP contribution in [0.1, 0.15) is 20.8 Å². The van der Waals surface area contributed by atoms with Crippen molar-refractivity contribution in [1.82, 2.24) is 15.0 Å². The normalized spacial score (nSPS) is 12.3. The SMILES string of the molecule is CCNc1nc(N[C@H](CO)C(C)C)nc(OC)n1. The van der Waals surface area contributed by atoms with Crippen molar-refractivity contribution in [3.63, 3.8) is 0 Å². The fourth-order valence-corrected chi connectivity index (χ4v) is 1.34. The quantitative estimate of drug-likeness (QED) is 0.661. The average Bonchev–Trinajstić information content (AvgIpc) is 2.35. The molecular weight excluding hydrogens is 234 g/mol. The molecule has 0 saturated carbocycles.